The van der Waals surface area contributed by atoms with E-state index in [4.69, 9.17) is 12.2 Å². The third kappa shape index (κ3) is 4.40. The van der Waals surface area contributed by atoms with E-state index in [-0.39, 0.29) is 12.5 Å². The van der Waals surface area contributed by atoms with E-state index in [2.05, 4.69) is 35.0 Å². The first-order valence-electron chi connectivity index (χ1n) is 9.16. The number of aromatic nitrogens is 3. The molecule has 2 heterocycles. The first-order chi connectivity index (χ1) is 12.4. The van der Waals surface area contributed by atoms with Crippen LogP contribution < -0.4 is 0 Å². The summed E-state index contributed by atoms with van der Waals surface area (Å²) in [6.45, 7) is 11.2. The molecule has 1 amide bonds. The zero-order valence-electron chi connectivity index (χ0n) is 15.7. The van der Waals surface area contributed by atoms with E-state index in [1.54, 1.807) is 4.57 Å². The standard InChI is InChI=1S/C19H27N5OS/c1-14(2)12-22-7-9-23(10-8-22)17(25)13-24-18(20-21-19(24)26)16-6-4-5-15(3)11-16/h4-6,11,14H,7-10,12-13H2,1-3H3,(H,21,26). The summed E-state index contributed by atoms with van der Waals surface area (Å²) in [6.07, 6.45) is 0. The summed E-state index contributed by atoms with van der Waals surface area (Å²) in [6, 6.07) is 8.07. The number of H-pyrrole nitrogens is 1. The van der Waals surface area contributed by atoms with Crippen molar-refractivity contribution in [2.45, 2.75) is 27.3 Å². The van der Waals surface area contributed by atoms with Crippen LogP contribution in [0.3, 0.4) is 0 Å². The number of nitrogens with one attached hydrogen (secondary N) is 1. The quantitative estimate of drug-likeness (QED) is 0.819. The van der Waals surface area contributed by atoms with E-state index in [9.17, 15) is 4.79 Å². The van der Waals surface area contributed by atoms with Crippen molar-refractivity contribution in [3.8, 4) is 11.4 Å². The second kappa shape index (κ2) is 8.14. The topological polar surface area (TPSA) is 57.2 Å². The summed E-state index contributed by atoms with van der Waals surface area (Å²) in [5, 5.41) is 7.17. The van der Waals surface area contributed by atoms with Crippen LogP contribution in [-0.4, -0.2) is 63.2 Å². The lowest BCUT2D eigenvalue weighted by Crippen LogP contribution is -2.50. The highest BCUT2D eigenvalue weighted by Crippen LogP contribution is 2.19. The predicted octanol–water partition coefficient (Wildman–Crippen LogP) is 2.72. The van der Waals surface area contributed by atoms with Gasteiger partial charge >= 0.3 is 0 Å². The van der Waals surface area contributed by atoms with Gasteiger partial charge in [0.25, 0.3) is 0 Å². The highest BCUT2D eigenvalue weighted by molar-refractivity contribution is 7.71. The number of aryl methyl sites for hydroxylation is 1. The predicted molar refractivity (Wildman–Crippen MR) is 105 cm³/mol. The van der Waals surface area contributed by atoms with E-state index < -0.39 is 0 Å². The van der Waals surface area contributed by atoms with Crippen LogP contribution in [0.4, 0.5) is 0 Å². The number of hydrogen-bond acceptors (Lipinski definition) is 4. The minimum absolute atomic E-state index is 0.0978. The van der Waals surface area contributed by atoms with Gasteiger partial charge in [-0.25, -0.2) is 0 Å². The molecule has 0 aliphatic carbocycles. The fourth-order valence-corrected chi connectivity index (χ4v) is 3.60. The summed E-state index contributed by atoms with van der Waals surface area (Å²) >= 11 is 5.36. The summed E-state index contributed by atoms with van der Waals surface area (Å²) in [4.78, 5) is 17.2. The number of nitrogens with zero attached hydrogens (tertiary/aromatic N) is 4. The van der Waals surface area contributed by atoms with Gasteiger partial charge in [-0.15, -0.1) is 0 Å². The number of piperazine rings is 1. The average Bonchev–Trinajstić information content (AvgIpc) is 2.96. The average molecular weight is 374 g/mol. The molecule has 0 atom stereocenters. The number of carbonyl (C=O) groups is 1. The van der Waals surface area contributed by atoms with Gasteiger partial charge in [0, 0.05) is 38.3 Å². The van der Waals surface area contributed by atoms with E-state index in [1.165, 1.54) is 0 Å². The molecule has 1 aromatic heterocycles. The molecule has 2 aromatic rings. The molecule has 1 aliphatic heterocycles. The Morgan fingerprint density at radius 1 is 1.27 bits per heavy atom. The molecule has 1 aromatic carbocycles. The SMILES string of the molecule is Cc1cccc(-c2n[nH]c(=S)n2CC(=O)N2CCN(CC(C)C)CC2)c1. The van der Waals surface area contributed by atoms with Gasteiger partial charge in [0.15, 0.2) is 10.6 Å². The van der Waals surface area contributed by atoms with Crippen molar-refractivity contribution in [1.29, 1.82) is 0 Å². The summed E-state index contributed by atoms with van der Waals surface area (Å²) in [7, 11) is 0. The molecule has 0 unspecified atom stereocenters. The highest BCUT2D eigenvalue weighted by Gasteiger charge is 2.23. The van der Waals surface area contributed by atoms with Crippen molar-refractivity contribution in [2.75, 3.05) is 32.7 Å². The highest BCUT2D eigenvalue weighted by atomic mass is 32.1. The molecule has 0 spiro atoms. The number of benzene rings is 1. The molecule has 1 saturated heterocycles. The summed E-state index contributed by atoms with van der Waals surface area (Å²) < 4.78 is 2.28. The van der Waals surface area contributed by atoms with Crippen LogP contribution in [0.25, 0.3) is 11.4 Å². The Morgan fingerprint density at radius 3 is 2.65 bits per heavy atom. The van der Waals surface area contributed by atoms with Crippen LogP contribution >= 0.6 is 12.2 Å². The van der Waals surface area contributed by atoms with E-state index >= 15 is 0 Å². The van der Waals surface area contributed by atoms with Crippen LogP contribution in [-0.2, 0) is 11.3 Å². The van der Waals surface area contributed by atoms with Crippen molar-refractivity contribution in [3.05, 3.63) is 34.6 Å². The van der Waals surface area contributed by atoms with Gasteiger partial charge < -0.3 is 4.90 Å². The molecule has 3 rings (SSSR count). The fraction of sp³-hybridized carbons (Fsp3) is 0.526. The summed E-state index contributed by atoms with van der Waals surface area (Å²) in [5.74, 6) is 1.46. The molecule has 26 heavy (non-hydrogen) atoms. The third-order valence-electron chi connectivity index (χ3n) is 4.68. The molecular weight excluding hydrogens is 346 g/mol. The maximum absolute atomic E-state index is 12.8. The van der Waals surface area contributed by atoms with E-state index in [0.717, 1.165) is 43.9 Å². The molecule has 0 bridgehead atoms. The smallest absolute Gasteiger partial charge is 0.242 e. The van der Waals surface area contributed by atoms with Crippen LogP contribution in [0.15, 0.2) is 24.3 Å². The second-order valence-electron chi connectivity index (χ2n) is 7.38. The van der Waals surface area contributed by atoms with Crippen molar-refractivity contribution < 1.29 is 4.79 Å². The Kier molecular flexibility index (Phi) is 5.88. The van der Waals surface area contributed by atoms with Gasteiger partial charge in [-0.1, -0.05) is 37.6 Å². The Balaban J connectivity index is 1.69. The minimum atomic E-state index is 0.0978. The number of hydrogen-bond donors (Lipinski definition) is 1. The molecule has 1 fully saturated rings. The maximum Gasteiger partial charge on any atom is 0.242 e. The van der Waals surface area contributed by atoms with E-state index in [0.29, 0.717) is 16.5 Å². The van der Waals surface area contributed by atoms with Crippen LogP contribution in [0.2, 0.25) is 0 Å². The molecule has 7 heteroatoms. The minimum Gasteiger partial charge on any atom is -0.339 e. The fourth-order valence-electron chi connectivity index (χ4n) is 3.40. The lowest BCUT2D eigenvalue weighted by molar-refractivity contribution is -0.133. The van der Waals surface area contributed by atoms with Gasteiger partial charge in [0.1, 0.15) is 6.54 Å². The lowest BCUT2D eigenvalue weighted by Gasteiger charge is -2.35. The number of carbonyl (C=O) groups excluding carboxylic acids is 1. The normalized spacial score (nSPS) is 15.6. The van der Waals surface area contributed by atoms with Gasteiger partial charge in [-0.3, -0.25) is 19.4 Å². The first-order valence-corrected chi connectivity index (χ1v) is 9.57. The zero-order chi connectivity index (χ0) is 18.7. The molecule has 0 radical (unpaired) electrons. The Hall–Kier alpha value is -1.99. The van der Waals surface area contributed by atoms with E-state index in [1.807, 2.05) is 30.0 Å². The van der Waals surface area contributed by atoms with Gasteiger partial charge in [0.05, 0.1) is 0 Å². The molecule has 6 nitrogen and oxygen atoms in total. The Labute approximate surface area is 159 Å². The van der Waals surface area contributed by atoms with Crippen molar-refractivity contribution in [3.63, 3.8) is 0 Å². The molecule has 0 saturated carbocycles. The van der Waals surface area contributed by atoms with Crippen LogP contribution in [0, 0.1) is 17.6 Å². The van der Waals surface area contributed by atoms with Gasteiger partial charge in [0.2, 0.25) is 5.91 Å². The van der Waals surface area contributed by atoms with Crippen molar-refractivity contribution in [2.24, 2.45) is 5.92 Å². The zero-order valence-corrected chi connectivity index (χ0v) is 16.6. The maximum atomic E-state index is 12.8. The molecule has 1 N–H and O–H groups in total. The third-order valence-corrected chi connectivity index (χ3v) is 4.99. The first kappa shape index (κ1) is 18.8. The molecule has 1 aliphatic rings. The Morgan fingerprint density at radius 2 is 2.00 bits per heavy atom. The summed E-state index contributed by atoms with van der Waals surface area (Å²) in [5.41, 5.74) is 2.11. The second-order valence-corrected chi connectivity index (χ2v) is 7.77. The van der Waals surface area contributed by atoms with Crippen molar-refractivity contribution in [1.82, 2.24) is 24.6 Å². The number of aromatic amines is 1. The number of rotatable bonds is 5. The lowest BCUT2D eigenvalue weighted by atomic mass is 10.1. The monoisotopic (exact) mass is 373 g/mol. The number of amides is 1. The molecular formula is C19H27N5OS. The van der Waals surface area contributed by atoms with Gasteiger partial charge in [-0.05, 0) is 31.1 Å². The largest absolute Gasteiger partial charge is 0.339 e. The molecule has 140 valence electrons. The van der Waals surface area contributed by atoms with Gasteiger partial charge in [-0.2, -0.15) is 5.10 Å². The van der Waals surface area contributed by atoms with Crippen molar-refractivity contribution >= 4 is 18.1 Å². The van der Waals surface area contributed by atoms with Crippen LogP contribution in [0.1, 0.15) is 19.4 Å². The Bertz CT molecular complexity index is 817. The van der Waals surface area contributed by atoms with Crippen LogP contribution in [0.5, 0.6) is 0 Å².